The van der Waals surface area contributed by atoms with Crippen molar-refractivity contribution in [1.82, 2.24) is 14.9 Å². The van der Waals surface area contributed by atoms with Crippen LogP contribution in [0.3, 0.4) is 0 Å². The molecule has 1 aromatic heterocycles. The molecule has 7 nitrogen and oxygen atoms in total. The second-order valence-corrected chi connectivity index (χ2v) is 8.37. The monoisotopic (exact) mass is 398 g/mol. The Bertz CT molecular complexity index is 670. The number of anilines is 1. The lowest BCUT2D eigenvalue weighted by atomic mass is 10.0. The summed E-state index contributed by atoms with van der Waals surface area (Å²) < 4.78 is 4.22. The van der Waals surface area contributed by atoms with Gasteiger partial charge in [0.15, 0.2) is 4.27 Å². The Hall–Kier alpha value is -1.29. The molecule has 0 radical (unpaired) electrons. The van der Waals surface area contributed by atoms with E-state index in [-0.39, 0.29) is 19.1 Å². The summed E-state index contributed by atoms with van der Waals surface area (Å²) in [5, 5.41) is 10.0. The third-order valence-electron chi connectivity index (χ3n) is 4.38. The standard InChI is InChI=1S/C17H26N4O3S2/c1-11(13(7-17(23,25)26)6-15-4-3-5-24-15)21(10-22)9-14-8-19-12(2)20-16(14)18/h8,10,15,23,25-26H,3-7,9H2,1-2H3,(H2,18,19,20)/b13-11+. The number of aromatic nitrogens is 2. The highest BCUT2D eigenvalue weighted by Crippen LogP contribution is 2.32. The van der Waals surface area contributed by atoms with Crippen molar-refractivity contribution >= 4 is 37.5 Å². The van der Waals surface area contributed by atoms with Crippen molar-refractivity contribution in [3.05, 3.63) is 28.9 Å². The molecule has 0 aliphatic carbocycles. The molecule has 1 saturated heterocycles. The average Bonchev–Trinajstić information content (AvgIpc) is 3.05. The Kier molecular flexibility index (Phi) is 7.33. The minimum atomic E-state index is -1.48. The largest absolute Gasteiger partial charge is 0.383 e. The van der Waals surface area contributed by atoms with Gasteiger partial charge in [-0.2, -0.15) is 0 Å². The molecule has 1 unspecified atom stereocenters. The van der Waals surface area contributed by atoms with Gasteiger partial charge in [0.2, 0.25) is 6.41 Å². The lowest BCUT2D eigenvalue weighted by molar-refractivity contribution is -0.117. The number of carbonyl (C=O) groups is 1. The summed E-state index contributed by atoms with van der Waals surface area (Å²) in [6, 6.07) is 0. The molecule has 3 N–H and O–H groups in total. The van der Waals surface area contributed by atoms with Gasteiger partial charge in [-0.1, -0.05) is 0 Å². The first-order chi connectivity index (χ1) is 12.2. The van der Waals surface area contributed by atoms with E-state index >= 15 is 0 Å². The van der Waals surface area contributed by atoms with Crippen molar-refractivity contribution in [1.29, 1.82) is 0 Å². The topological polar surface area (TPSA) is 102 Å². The van der Waals surface area contributed by atoms with Gasteiger partial charge < -0.3 is 20.5 Å². The van der Waals surface area contributed by atoms with E-state index in [1.807, 2.05) is 6.92 Å². The third kappa shape index (κ3) is 6.15. The number of hydrogen-bond donors (Lipinski definition) is 4. The van der Waals surface area contributed by atoms with Gasteiger partial charge in [0.25, 0.3) is 0 Å². The number of nitrogen functional groups attached to an aromatic ring is 1. The Morgan fingerprint density at radius 3 is 2.85 bits per heavy atom. The minimum absolute atomic E-state index is 0.0743. The molecule has 2 rings (SSSR count). The Morgan fingerprint density at radius 2 is 2.31 bits per heavy atom. The number of aryl methyl sites for hydroxylation is 1. The van der Waals surface area contributed by atoms with Gasteiger partial charge in [-0.25, -0.2) is 9.97 Å². The van der Waals surface area contributed by atoms with Crippen molar-refractivity contribution in [3.8, 4) is 0 Å². The molecule has 1 aliphatic heterocycles. The number of aliphatic hydroxyl groups is 1. The smallest absolute Gasteiger partial charge is 0.214 e. The number of carbonyl (C=O) groups excluding carboxylic acids is 1. The number of amides is 1. The van der Waals surface area contributed by atoms with Crippen LogP contribution in [0.25, 0.3) is 0 Å². The molecule has 144 valence electrons. The average molecular weight is 399 g/mol. The highest BCUT2D eigenvalue weighted by molar-refractivity contribution is 8.00. The quantitative estimate of drug-likeness (QED) is 0.304. The van der Waals surface area contributed by atoms with Crippen LogP contribution in [-0.4, -0.2) is 43.4 Å². The minimum Gasteiger partial charge on any atom is -0.383 e. The lowest BCUT2D eigenvalue weighted by Gasteiger charge is -2.26. The number of nitrogens with two attached hydrogens (primary N) is 1. The Morgan fingerprint density at radius 1 is 1.58 bits per heavy atom. The van der Waals surface area contributed by atoms with Crippen LogP contribution in [-0.2, 0) is 16.1 Å². The second-order valence-electron chi connectivity index (χ2n) is 6.54. The lowest BCUT2D eigenvalue weighted by Crippen LogP contribution is -2.25. The van der Waals surface area contributed by atoms with E-state index in [9.17, 15) is 9.90 Å². The molecular formula is C17H26N4O3S2. The van der Waals surface area contributed by atoms with Crippen LogP contribution in [0.4, 0.5) is 5.82 Å². The van der Waals surface area contributed by atoms with Crippen LogP contribution in [0.1, 0.15) is 44.0 Å². The van der Waals surface area contributed by atoms with Gasteiger partial charge in [-0.05, 0) is 38.7 Å². The first-order valence-corrected chi connectivity index (χ1v) is 9.36. The van der Waals surface area contributed by atoms with Gasteiger partial charge >= 0.3 is 0 Å². The van der Waals surface area contributed by atoms with Crippen LogP contribution in [0.5, 0.6) is 0 Å². The first-order valence-electron chi connectivity index (χ1n) is 8.47. The molecular weight excluding hydrogens is 372 g/mol. The van der Waals surface area contributed by atoms with Crippen molar-refractivity contribution in [2.24, 2.45) is 0 Å². The highest BCUT2D eigenvalue weighted by atomic mass is 32.2. The van der Waals surface area contributed by atoms with Crippen molar-refractivity contribution < 1.29 is 14.6 Å². The molecule has 1 aromatic rings. The van der Waals surface area contributed by atoms with E-state index in [1.54, 1.807) is 13.1 Å². The molecule has 2 heterocycles. The molecule has 0 bridgehead atoms. The first kappa shape index (κ1) is 21.0. The normalized spacial score (nSPS) is 18.6. The van der Waals surface area contributed by atoms with Crippen LogP contribution < -0.4 is 5.73 Å². The summed E-state index contributed by atoms with van der Waals surface area (Å²) in [6.45, 7) is 4.56. The number of allylic oxidation sites excluding steroid dienone is 1. The number of thiol groups is 2. The predicted octanol–water partition coefficient (Wildman–Crippen LogP) is 2.06. The molecule has 1 amide bonds. The highest BCUT2D eigenvalue weighted by Gasteiger charge is 2.25. The van der Waals surface area contributed by atoms with Gasteiger partial charge in [-0.3, -0.25) is 4.79 Å². The Labute approximate surface area is 164 Å². The van der Waals surface area contributed by atoms with Gasteiger partial charge in [0, 0.05) is 30.5 Å². The molecule has 1 aliphatic rings. The van der Waals surface area contributed by atoms with E-state index in [2.05, 4.69) is 35.2 Å². The van der Waals surface area contributed by atoms with E-state index in [0.29, 0.717) is 23.6 Å². The number of nitrogens with zero attached hydrogens (tertiary/aromatic N) is 3. The number of rotatable bonds is 8. The molecule has 0 saturated carbocycles. The van der Waals surface area contributed by atoms with Crippen molar-refractivity contribution in [2.45, 2.75) is 56.4 Å². The maximum Gasteiger partial charge on any atom is 0.214 e. The molecule has 0 aromatic carbocycles. The van der Waals surface area contributed by atoms with Crippen LogP contribution in [0, 0.1) is 6.92 Å². The maximum absolute atomic E-state index is 11.7. The van der Waals surface area contributed by atoms with Crippen LogP contribution in [0.2, 0.25) is 0 Å². The molecule has 26 heavy (non-hydrogen) atoms. The van der Waals surface area contributed by atoms with E-state index in [1.165, 1.54) is 4.90 Å². The summed E-state index contributed by atoms with van der Waals surface area (Å²) in [5.41, 5.74) is 8.18. The zero-order chi connectivity index (χ0) is 19.3. The van der Waals surface area contributed by atoms with Gasteiger partial charge in [0.05, 0.1) is 12.6 Å². The van der Waals surface area contributed by atoms with Crippen LogP contribution in [0.15, 0.2) is 17.5 Å². The van der Waals surface area contributed by atoms with E-state index in [4.69, 9.17) is 10.5 Å². The molecule has 9 heteroatoms. The summed E-state index contributed by atoms with van der Waals surface area (Å²) in [7, 11) is 0. The fourth-order valence-corrected chi connectivity index (χ4v) is 3.35. The molecule has 1 fully saturated rings. The zero-order valence-corrected chi connectivity index (χ0v) is 16.8. The zero-order valence-electron chi connectivity index (χ0n) is 15.1. The maximum atomic E-state index is 11.7. The summed E-state index contributed by atoms with van der Waals surface area (Å²) in [6.07, 6.45) is 5.21. The molecule has 1 atom stereocenters. The van der Waals surface area contributed by atoms with Crippen LogP contribution >= 0.6 is 25.3 Å². The second kappa shape index (κ2) is 9.07. The van der Waals surface area contributed by atoms with Crippen molar-refractivity contribution in [3.63, 3.8) is 0 Å². The van der Waals surface area contributed by atoms with Gasteiger partial charge in [0.1, 0.15) is 11.6 Å². The molecule has 0 spiro atoms. The van der Waals surface area contributed by atoms with Crippen molar-refractivity contribution in [2.75, 3.05) is 12.3 Å². The van der Waals surface area contributed by atoms with E-state index < -0.39 is 4.27 Å². The number of ether oxygens (including phenoxy) is 1. The van der Waals surface area contributed by atoms with E-state index in [0.717, 1.165) is 37.1 Å². The predicted molar refractivity (Wildman–Crippen MR) is 107 cm³/mol. The number of hydrogen-bond acceptors (Lipinski definition) is 8. The van der Waals surface area contributed by atoms with Gasteiger partial charge in [-0.15, -0.1) is 25.3 Å². The Balaban J connectivity index is 2.26. The summed E-state index contributed by atoms with van der Waals surface area (Å²) in [5.74, 6) is 0.920. The fourth-order valence-electron chi connectivity index (χ4n) is 2.97. The summed E-state index contributed by atoms with van der Waals surface area (Å²) in [4.78, 5) is 21.5. The fraction of sp³-hybridized carbons (Fsp3) is 0.588. The third-order valence-corrected chi connectivity index (χ3v) is 4.69. The summed E-state index contributed by atoms with van der Waals surface area (Å²) >= 11 is 8.22. The SMILES string of the molecule is C/C(=C(/CC1CCCO1)CC(O)(S)S)N(C=O)Cc1cnc(C)nc1N.